The van der Waals surface area contributed by atoms with Crippen LogP contribution in [-0.4, -0.2) is 26.1 Å². The van der Waals surface area contributed by atoms with Crippen LogP contribution in [0.15, 0.2) is 18.2 Å². The smallest absolute Gasteiger partial charge is 0.240 e. The van der Waals surface area contributed by atoms with Gasteiger partial charge in [-0.25, -0.2) is 0 Å². The van der Waals surface area contributed by atoms with E-state index in [9.17, 15) is 4.79 Å². The van der Waals surface area contributed by atoms with Crippen LogP contribution in [0.2, 0.25) is 5.02 Å². The van der Waals surface area contributed by atoms with Crippen molar-refractivity contribution in [2.24, 2.45) is 0 Å². The average Bonchev–Trinajstić information content (AvgIpc) is 2.35. The molecule has 90 valence electrons. The van der Waals surface area contributed by atoms with E-state index in [1.165, 1.54) is 0 Å². The lowest BCUT2D eigenvalue weighted by Crippen LogP contribution is -2.30. The first-order valence-corrected chi connectivity index (χ1v) is 5.26. The Kier molecular flexibility index (Phi) is 5.11. The fourth-order valence-electron chi connectivity index (χ4n) is 1.14. The number of hydrogen-bond donors (Lipinski definition) is 2. The molecule has 0 atom stereocenters. The lowest BCUT2D eigenvalue weighted by atomic mass is 10.3. The molecule has 6 heteroatoms. The van der Waals surface area contributed by atoms with Crippen molar-refractivity contribution in [3.05, 3.63) is 23.2 Å². The van der Waals surface area contributed by atoms with E-state index in [0.717, 1.165) is 0 Å². The number of hydrogen-bond acceptors (Lipinski definition) is 4. The molecule has 1 amide bonds. The van der Waals surface area contributed by atoms with Crippen molar-refractivity contribution >= 4 is 23.2 Å². The number of amides is 1. The molecule has 0 unspecified atom stereocenters. The van der Waals surface area contributed by atoms with Crippen LogP contribution in [-0.2, 0) is 4.79 Å². The molecular formula is C11H12ClN3O2. The molecule has 0 radical (unpaired) electrons. The summed E-state index contributed by atoms with van der Waals surface area (Å²) in [6, 6.07) is 6.92. The Morgan fingerprint density at radius 2 is 2.35 bits per heavy atom. The maximum absolute atomic E-state index is 11.2. The summed E-state index contributed by atoms with van der Waals surface area (Å²) in [7, 11) is 1.55. The zero-order valence-corrected chi connectivity index (χ0v) is 10.0. The summed E-state index contributed by atoms with van der Waals surface area (Å²) in [5.41, 5.74) is 0.609. The van der Waals surface area contributed by atoms with Crippen LogP contribution in [0, 0.1) is 11.3 Å². The van der Waals surface area contributed by atoms with E-state index in [4.69, 9.17) is 21.6 Å². The Bertz CT molecular complexity index is 443. The second kappa shape index (κ2) is 6.61. The zero-order chi connectivity index (χ0) is 12.7. The second-order valence-electron chi connectivity index (χ2n) is 3.13. The lowest BCUT2D eigenvalue weighted by Gasteiger charge is -2.09. The van der Waals surface area contributed by atoms with Gasteiger partial charge in [-0.15, -0.1) is 0 Å². The molecule has 0 saturated carbocycles. The molecule has 0 heterocycles. The molecule has 17 heavy (non-hydrogen) atoms. The maximum Gasteiger partial charge on any atom is 0.240 e. The van der Waals surface area contributed by atoms with Crippen LogP contribution in [0.25, 0.3) is 0 Å². The first kappa shape index (κ1) is 13.1. The monoisotopic (exact) mass is 253 g/mol. The number of nitriles is 1. The van der Waals surface area contributed by atoms with E-state index in [-0.39, 0.29) is 19.0 Å². The van der Waals surface area contributed by atoms with Crippen LogP contribution in [0.3, 0.4) is 0 Å². The Labute approximate surface area is 104 Å². The highest BCUT2D eigenvalue weighted by molar-refractivity contribution is 6.33. The van der Waals surface area contributed by atoms with Gasteiger partial charge in [-0.05, 0) is 12.1 Å². The van der Waals surface area contributed by atoms with E-state index in [2.05, 4.69) is 10.6 Å². The van der Waals surface area contributed by atoms with Crippen molar-refractivity contribution in [2.75, 3.05) is 25.5 Å². The number of nitrogens with one attached hydrogen (secondary N) is 2. The quantitative estimate of drug-likeness (QED) is 0.778. The molecule has 0 saturated heterocycles. The highest BCUT2D eigenvalue weighted by Crippen LogP contribution is 2.26. The zero-order valence-electron chi connectivity index (χ0n) is 9.29. The topological polar surface area (TPSA) is 74.2 Å². The van der Waals surface area contributed by atoms with Gasteiger partial charge in [0.2, 0.25) is 5.91 Å². The van der Waals surface area contributed by atoms with Crippen LogP contribution < -0.4 is 15.4 Å². The van der Waals surface area contributed by atoms with E-state index in [1.54, 1.807) is 25.3 Å². The molecule has 5 nitrogen and oxygen atoms in total. The summed E-state index contributed by atoms with van der Waals surface area (Å²) in [5.74, 6) is 0.375. The van der Waals surface area contributed by atoms with Crippen LogP contribution in [0.5, 0.6) is 5.75 Å². The Balaban J connectivity index is 2.57. The molecule has 1 rings (SSSR count). The van der Waals surface area contributed by atoms with Gasteiger partial charge < -0.3 is 15.4 Å². The van der Waals surface area contributed by atoms with Crippen LogP contribution in [0.4, 0.5) is 5.69 Å². The molecule has 2 N–H and O–H groups in total. The standard InChI is InChI=1S/C11H12ClN3O2/c1-17-8-2-3-9(12)10(6-8)15-7-11(16)14-5-4-13/h2-3,6,15H,5,7H2,1H3,(H,14,16). The van der Waals surface area contributed by atoms with E-state index < -0.39 is 0 Å². The highest BCUT2D eigenvalue weighted by atomic mass is 35.5. The molecule has 0 aromatic heterocycles. The Hall–Kier alpha value is -1.93. The predicted molar refractivity (Wildman–Crippen MR) is 65.1 cm³/mol. The van der Waals surface area contributed by atoms with Gasteiger partial charge in [-0.2, -0.15) is 5.26 Å². The van der Waals surface area contributed by atoms with Crippen molar-refractivity contribution in [3.63, 3.8) is 0 Å². The molecule has 1 aromatic rings. The van der Waals surface area contributed by atoms with E-state index in [1.807, 2.05) is 6.07 Å². The van der Waals surface area contributed by atoms with Crippen molar-refractivity contribution in [1.29, 1.82) is 5.26 Å². The number of anilines is 1. The third-order valence-electron chi connectivity index (χ3n) is 1.98. The lowest BCUT2D eigenvalue weighted by molar-refractivity contribution is -0.119. The number of halogens is 1. The number of methoxy groups -OCH3 is 1. The van der Waals surface area contributed by atoms with Crippen LogP contribution >= 0.6 is 11.6 Å². The average molecular weight is 254 g/mol. The summed E-state index contributed by atoms with van der Waals surface area (Å²) >= 11 is 5.94. The molecule has 0 aliphatic carbocycles. The van der Waals surface area contributed by atoms with Gasteiger partial charge in [0.1, 0.15) is 12.3 Å². The summed E-state index contributed by atoms with van der Waals surface area (Å²) in [4.78, 5) is 11.2. The minimum atomic E-state index is -0.273. The number of benzene rings is 1. The molecule has 0 bridgehead atoms. The molecule has 0 fully saturated rings. The van der Waals surface area contributed by atoms with Crippen molar-refractivity contribution < 1.29 is 9.53 Å². The minimum absolute atomic E-state index is 0.00758. The predicted octanol–water partition coefficient (Wildman–Crippen LogP) is 1.40. The largest absolute Gasteiger partial charge is 0.497 e. The fraction of sp³-hybridized carbons (Fsp3) is 0.273. The molecule has 1 aromatic carbocycles. The summed E-state index contributed by atoms with van der Waals surface area (Å²) in [6.07, 6.45) is 0. The molecule has 0 aliphatic rings. The summed E-state index contributed by atoms with van der Waals surface area (Å²) in [5, 5.41) is 14.1. The second-order valence-corrected chi connectivity index (χ2v) is 3.54. The van der Waals surface area contributed by atoms with Gasteiger partial charge in [0, 0.05) is 6.07 Å². The van der Waals surface area contributed by atoms with E-state index >= 15 is 0 Å². The number of carbonyl (C=O) groups excluding carboxylic acids is 1. The first-order valence-electron chi connectivity index (χ1n) is 4.88. The number of rotatable bonds is 5. The number of carbonyl (C=O) groups is 1. The molecule has 0 aliphatic heterocycles. The van der Waals surface area contributed by atoms with Gasteiger partial charge in [0.15, 0.2) is 0 Å². The number of ether oxygens (including phenoxy) is 1. The van der Waals surface area contributed by atoms with Gasteiger partial charge in [0.05, 0.1) is 30.4 Å². The minimum Gasteiger partial charge on any atom is -0.497 e. The SMILES string of the molecule is COc1ccc(Cl)c(NCC(=O)NCC#N)c1. The summed E-state index contributed by atoms with van der Waals surface area (Å²) < 4.78 is 5.04. The van der Waals surface area contributed by atoms with Gasteiger partial charge in [-0.3, -0.25) is 4.79 Å². The van der Waals surface area contributed by atoms with Gasteiger partial charge in [0.25, 0.3) is 0 Å². The van der Waals surface area contributed by atoms with Crippen molar-refractivity contribution in [1.82, 2.24) is 5.32 Å². The van der Waals surface area contributed by atoms with Gasteiger partial charge in [-0.1, -0.05) is 11.6 Å². The number of nitrogens with zero attached hydrogens (tertiary/aromatic N) is 1. The maximum atomic E-state index is 11.2. The Morgan fingerprint density at radius 3 is 3.00 bits per heavy atom. The summed E-state index contributed by atoms with van der Waals surface area (Å²) in [6.45, 7) is 0.0426. The Morgan fingerprint density at radius 1 is 1.59 bits per heavy atom. The molecular weight excluding hydrogens is 242 g/mol. The molecule has 0 spiro atoms. The first-order chi connectivity index (χ1) is 8.17. The van der Waals surface area contributed by atoms with Gasteiger partial charge >= 0.3 is 0 Å². The van der Waals surface area contributed by atoms with E-state index in [0.29, 0.717) is 16.5 Å². The fourth-order valence-corrected chi connectivity index (χ4v) is 1.33. The van der Waals surface area contributed by atoms with Crippen molar-refractivity contribution in [2.45, 2.75) is 0 Å². The highest BCUT2D eigenvalue weighted by Gasteiger charge is 2.04. The normalized spacial score (nSPS) is 9.24. The van der Waals surface area contributed by atoms with Crippen LogP contribution in [0.1, 0.15) is 0 Å². The third kappa shape index (κ3) is 4.21. The van der Waals surface area contributed by atoms with Crippen molar-refractivity contribution in [3.8, 4) is 11.8 Å². The third-order valence-corrected chi connectivity index (χ3v) is 2.31.